The first-order chi connectivity index (χ1) is 11.0. The summed E-state index contributed by atoms with van der Waals surface area (Å²) in [6.45, 7) is 4.31. The van der Waals surface area contributed by atoms with Gasteiger partial charge in [-0.1, -0.05) is 24.3 Å². The highest BCUT2D eigenvalue weighted by molar-refractivity contribution is 5.91. The second-order valence-corrected chi connectivity index (χ2v) is 5.60. The minimum Gasteiger partial charge on any atom is -0.347 e. The van der Waals surface area contributed by atoms with Crippen molar-refractivity contribution in [1.82, 2.24) is 15.3 Å². The van der Waals surface area contributed by atoms with Gasteiger partial charge in [-0.15, -0.1) is 0 Å². The molecule has 0 atom stereocenters. The Bertz CT molecular complexity index is 723. The fraction of sp³-hybridized carbons (Fsp3) is 0.278. The van der Waals surface area contributed by atoms with E-state index in [4.69, 9.17) is 0 Å². The zero-order valence-corrected chi connectivity index (χ0v) is 14.0. The van der Waals surface area contributed by atoms with Gasteiger partial charge >= 0.3 is 0 Å². The van der Waals surface area contributed by atoms with Crippen LogP contribution in [-0.4, -0.2) is 30.0 Å². The van der Waals surface area contributed by atoms with Gasteiger partial charge in [-0.2, -0.15) is 0 Å². The van der Waals surface area contributed by atoms with Crippen LogP contribution in [0.2, 0.25) is 0 Å². The van der Waals surface area contributed by atoms with Crippen LogP contribution in [0, 0.1) is 13.8 Å². The summed E-state index contributed by atoms with van der Waals surface area (Å²) in [4.78, 5) is 22.5. The molecule has 0 spiro atoms. The normalized spacial score (nSPS) is 10.8. The molecule has 1 aromatic heterocycles. The van der Waals surface area contributed by atoms with E-state index in [-0.39, 0.29) is 5.91 Å². The van der Waals surface area contributed by atoms with E-state index in [1.165, 1.54) is 0 Å². The lowest BCUT2D eigenvalue weighted by Crippen LogP contribution is -2.22. The number of carbonyl (C=O) groups is 1. The number of carbonyl (C=O) groups excluding carboxylic acids is 1. The molecule has 1 amide bonds. The third kappa shape index (κ3) is 4.92. The minimum atomic E-state index is -0.143. The maximum absolute atomic E-state index is 12.0. The molecule has 0 unspecified atom stereocenters. The van der Waals surface area contributed by atoms with Gasteiger partial charge in [-0.3, -0.25) is 4.79 Å². The van der Waals surface area contributed by atoms with Crippen molar-refractivity contribution in [3.05, 3.63) is 58.9 Å². The molecule has 5 heteroatoms. The predicted molar refractivity (Wildman–Crippen MR) is 93.2 cm³/mol. The van der Waals surface area contributed by atoms with Crippen LogP contribution in [0.25, 0.3) is 6.08 Å². The summed E-state index contributed by atoms with van der Waals surface area (Å²) in [5, 5.41) is 2.85. The second-order valence-electron chi connectivity index (χ2n) is 5.60. The van der Waals surface area contributed by atoms with E-state index < -0.39 is 0 Å². The van der Waals surface area contributed by atoms with Crippen molar-refractivity contribution in [3.8, 4) is 0 Å². The summed E-state index contributed by atoms with van der Waals surface area (Å²) >= 11 is 0. The van der Waals surface area contributed by atoms with Crippen LogP contribution in [0.3, 0.4) is 0 Å². The van der Waals surface area contributed by atoms with Crippen molar-refractivity contribution in [1.29, 1.82) is 0 Å². The van der Waals surface area contributed by atoms with Crippen molar-refractivity contribution in [3.63, 3.8) is 0 Å². The van der Waals surface area contributed by atoms with Crippen LogP contribution in [0.4, 0.5) is 5.95 Å². The van der Waals surface area contributed by atoms with E-state index in [1.807, 2.05) is 69.3 Å². The monoisotopic (exact) mass is 310 g/mol. The summed E-state index contributed by atoms with van der Waals surface area (Å²) in [6, 6.07) is 9.81. The van der Waals surface area contributed by atoms with Gasteiger partial charge in [0.15, 0.2) is 0 Å². The number of nitrogens with zero attached hydrogens (tertiary/aromatic N) is 3. The first-order valence-electron chi connectivity index (χ1n) is 7.49. The summed E-state index contributed by atoms with van der Waals surface area (Å²) in [7, 11) is 3.78. The topological polar surface area (TPSA) is 58.1 Å². The van der Waals surface area contributed by atoms with E-state index in [0.29, 0.717) is 12.5 Å². The fourth-order valence-electron chi connectivity index (χ4n) is 2.08. The predicted octanol–water partition coefficient (Wildman–Crippen LogP) is 2.49. The van der Waals surface area contributed by atoms with Crippen LogP contribution >= 0.6 is 0 Å². The summed E-state index contributed by atoms with van der Waals surface area (Å²) < 4.78 is 0. The number of hydrogen-bond acceptors (Lipinski definition) is 4. The highest BCUT2D eigenvalue weighted by Crippen LogP contribution is 2.09. The quantitative estimate of drug-likeness (QED) is 0.862. The highest BCUT2D eigenvalue weighted by atomic mass is 16.1. The number of anilines is 1. The van der Waals surface area contributed by atoms with Crippen LogP contribution in [0.1, 0.15) is 22.5 Å². The Morgan fingerprint density at radius 1 is 1.22 bits per heavy atom. The van der Waals surface area contributed by atoms with Gasteiger partial charge < -0.3 is 10.2 Å². The average Bonchev–Trinajstić information content (AvgIpc) is 2.51. The van der Waals surface area contributed by atoms with Gasteiger partial charge in [0.2, 0.25) is 11.9 Å². The number of aryl methyl sites for hydroxylation is 2. The molecule has 1 aromatic carbocycles. The van der Waals surface area contributed by atoms with Gasteiger partial charge in [0.25, 0.3) is 0 Å². The van der Waals surface area contributed by atoms with E-state index in [0.717, 1.165) is 22.5 Å². The molecular weight excluding hydrogens is 288 g/mol. The van der Waals surface area contributed by atoms with Crippen LogP contribution in [0.15, 0.2) is 36.4 Å². The Hall–Kier alpha value is -2.69. The molecule has 2 aromatic rings. The van der Waals surface area contributed by atoms with Gasteiger partial charge in [0, 0.05) is 25.9 Å². The zero-order chi connectivity index (χ0) is 16.8. The van der Waals surface area contributed by atoms with Gasteiger partial charge in [0.1, 0.15) is 0 Å². The van der Waals surface area contributed by atoms with Gasteiger partial charge in [0.05, 0.1) is 12.2 Å². The zero-order valence-electron chi connectivity index (χ0n) is 14.0. The molecule has 0 saturated heterocycles. The number of benzene rings is 1. The van der Waals surface area contributed by atoms with Crippen molar-refractivity contribution >= 4 is 17.9 Å². The van der Waals surface area contributed by atoms with E-state index in [2.05, 4.69) is 15.3 Å². The molecule has 1 heterocycles. The molecule has 0 fully saturated rings. The van der Waals surface area contributed by atoms with Gasteiger partial charge in [-0.25, -0.2) is 9.97 Å². The molecule has 0 radical (unpaired) electrons. The highest BCUT2D eigenvalue weighted by Gasteiger charge is 2.05. The minimum absolute atomic E-state index is 0.143. The smallest absolute Gasteiger partial charge is 0.244 e. The molecule has 0 aliphatic rings. The Morgan fingerprint density at radius 3 is 2.65 bits per heavy atom. The molecule has 0 aliphatic carbocycles. The molecule has 23 heavy (non-hydrogen) atoms. The first kappa shape index (κ1) is 16.7. The van der Waals surface area contributed by atoms with E-state index in [1.54, 1.807) is 6.08 Å². The summed E-state index contributed by atoms with van der Waals surface area (Å²) in [5.41, 5.74) is 3.84. The Morgan fingerprint density at radius 2 is 1.96 bits per heavy atom. The third-order valence-corrected chi connectivity index (χ3v) is 3.34. The van der Waals surface area contributed by atoms with Crippen LogP contribution in [0.5, 0.6) is 0 Å². The lowest BCUT2D eigenvalue weighted by Gasteiger charge is -2.12. The standard InChI is InChI=1S/C18H22N4O/c1-13-7-5-6-8-15(13)9-10-17(23)19-12-16-11-14(2)20-18(21-16)22(3)4/h5-11H,12H2,1-4H3,(H,19,23)/b10-9+. The molecule has 0 aliphatic heterocycles. The summed E-state index contributed by atoms with van der Waals surface area (Å²) in [5.74, 6) is 0.501. The Balaban J connectivity index is 1.98. The number of nitrogens with one attached hydrogen (secondary N) is 1. The first-order valence-corrected chi connectivity index (χ1v) is 7.49. The average molecular weight is 310 g/mol. The molecule has 0 saturated carbocycles. The molecule has 0 bridgehead atoms. The Labute approximate surface area is 137 Å². The van der Waals surface area contributed by atoms with Crippen molar-refractivity contribution in [2.24, 2.45) is 0 Å². The SMILES string of the molecule is Cc1cc(CNC(=O)/C=C/c2ccccc2C)nc(N(C)C)n1. The maximum atomic E-state index is 12.0. The number of hydrogen-bond donors (Lipinski definition) is 1. The molecule has 5 nitrogen and oxygen atoms in total. The van der Waals surface area contributed by atoms with E-state index in [9.17, 15) is 4.79 Å². The molecular formula is C18H22N4O. The maximum Gasteiger partial charge on any atom is 0.244 e. The third-order valence-electron chi connectivity index (χ3n) is 3.34. The van der Waals surface area contributed by atoms with Crippen LogP contribution in [-0.2, 0) is 11.3 Å². The van der Waals surface area contributed by atoms with E-state index >= 15 is 0 Å². The van der Waals surface area contributed by atoms with Crippen molar-refractivity contribution in [2.75, 3.05) is 19.0 Å². The number of aromatic nitrogens is 2. The number of amides is 1. The van der Waals surface area contributed by atoms with Crippen molar-refractivity contribution < 1.29 is 4.79 Å². The number of rotatable bonds is 5. The molecule has 120 valence electrons. The Kier molecular flexibility index (Phi) is 5.46. The molecule has 1 N–H and O–H groups in total. The second kappa shape index (κ2) is 7.54. The lowest BCUT2D eigenvalue weighted by molar-refractivity contribution is -0.116. The van der Waals surface area contributed by atoms with Crippen molar-refractivity contribution in [2.45, 2.75) is 20.4 Å². The largest absolute Gasteiger partial charge is 0.347 e. The summed E-state index contributed by atoms with van der Waals surface area (Å²) in [6.07, 6.45) is 3.37. The van der Waals surface area contributed by atoms with Crippen LogP contribution < -0.4 is 10.2 Å². The lowest BCUT2D eigenvalue weighted by atomic mass is 10.1. The van der Waals surface area contributed by atoms with Gasteiger partial charge in [-0.05, 0) is 37.1 Å². The molecule has 2 rings (SSSR count). The fourth-order valence-corrected chi connectivity index (χ4v) is 2.08.